The molecule has 1 fully saturated rings. The molecule has 21 heavy (non-hydrogen) atoms. The molecule has 0 unspecified atom stereocenters. The summed E-state index contributed by atoms with van der Waals surface area (Å²) >= 11 is 0. The van der Waals surface area contributed by atoms with Crippen LogP contribution in [0.25, 0.3) is 0 Å². The second-order valence-electron chi connectivity index (χ2n) is 5.54. The summed E-state index contributed by atoms with van der Waals surface area (Å²) in [5.74, 6) is -0.452. The van der Waals surface area contributed by atoms with Crippen LogP contribution in [0.3, 0.4) is 0 Å². The van der Waals surface area contributed by atoms with Crippen LogP contribution in [-0.4, -0.2) is 60.0 Å². The fourth-order valence-electron chi connectivity index (χ4n) is 2.20. The maximum atomic E-state index is 12.0. The van der Waals surface area contributed by atoms with Crippen molar-refractivity contribution in [3.8, 4) is 0 Å². The number of anilines is 1. The van der Waals surface area contributed by atoms with Crippen LogP contribution in [0.15, 0.2) is 17.1 Å². The molecule has 1 aromatic heterocycles. The SMILES string of the molecule is CC(C)OC(=O)Cn1ncc(N2CCN(C)CC2)cc1=O. The number of esters is 1. The van der Waals surface area contributed by atoms with Gasteiger partial charge >= 0.3 is 5.97 Å². The van der Waals surface area contributed by atoms with Crippen molar-refractivity contribution in [2.45, 2.75) is 26.5 Å². The number of hydrogen-bond acceptors (Lipinski definition) is 6. The van der Waals surface area contributed by atoms with E-state index in [2.05, 4.69) is 21.9 Å². The Hall–Kier alpha value is -1.89. The summed E-state index contributed by atoms with van der Waals surface area (Å²) in [5.41, 5.74) is 0.522. The van der Waals surface area contributed by atoms with Gasteiger partial charge in [-0.25, -0.2) is 4.68 Å². The van der Waals surface area contributed by atoms with Gasteiger partial charge in [0.25, 0.3) is 5.56 Å². The van der Waals surface area contributed by atoms with E-state index >= 15 is 0 Å². The predicted molar refractivity (Wildman–Crippen MR) is 79.4 cm³/mol. The van der Waals surface area contributed by atoms with Crippen molar-refractivity contribution in [1.29, 1.82) is 0 Å². The maximum Gasteiger partial charge on any atom is 0.328 e. The van der Waals surface area contributed by atoms with Gasteiger partial charge in [0.15, 0.2) is 0 Å². The number of ether oxygens (including phenoxy) is 1. The van der Waals surface area contributed by atoms with Crippen molar-refractivity contribution < 1.29 is 9.53 Å². The van der Waals surface area contributed by atoms with E-state index in [1.807, 2.05) is 0 Å². The quantitative estimate of drug-likeness (QED) is 0.725. The van der Waals surface area contributed by atoms with Crippen LogP contribution in [0.2, 0.25) is 0 Å². The fraction of sp³-hybridized carbons (Fsp3) is 0.643. The Labute approximate surface area is 124 Å². The third-order valence-corrected chi connectivity index (χ3v) is 3.37. The van der Waals surface area contributed by atoms with Crippen LogP contribution in [0, 0.1) is 0 Å². The third kappa shape index (κ3) is 4.29. The summed E-state index contributed by atoms with van der Waals surface area (Å²) in [6.45, 7) is 7.05. The largest absolute Gasteiger partial charge is 0.462 e. The van der Waals surface area contributed by atoms with Gasteiger partial charge in [0, 0.05) is 32.2 Å². The minimum absolute atomic E-state index is 0.153. The van der Waals surface area contributed by atoms with E-state index in [9.17, 15) is 9.59 Å². The number of rotatable bonds is 4. The monoisotopic (exact) mass is 294 g/mol. The number of hydrogen-bond donors (Lipinski definition) is 0. The van der Waals surface area contributed by atoms with E-state index in [0.29, 0.717) is 0 Å². The maximum absolute atomic E-state index is 12.0. The van der Waals surface area contributed by atoms with Gasteiger partial charge in [0.1, 0.15) is 6.54 Å². The Morgan fingerprint density at radius 1 is 1.33 bits per heavy atom. The van der Waals surface area contributed by atoms with Gasteiger partial charge in [-0.05, 0) is 20.9 Å². The first-order valence-electron chi connectivity index (χ1n) is 7.16. The molecule has 1 aromatic rings. The molecule has 0 aliphatic carbocycles. The summed E-state index contributed by atoms with van der Waals surface area (Å²) in [6.07, 6.45) is 1.44. The van der Waals surface area contributed by atoms with Gasteiger partial charge in [-0.1, -0.05) is 0 Å². The van der Waals surface area contributed by atoms with Crippen LogP contribution < -0.4 is 10.5 Å². The van der Waals surface area contributed by atoms with Gasteiger partial charge in [-0.15, -0.1) is 0 Å². The highest BCUT2D eigenvalue weighted by molar-refractivity contribution is 5.69. The summed E-state index contributed by atoms with van der Waals surface area (Å²) in [5, 5.41) is 4.07. The lowest BCUT2D eigenvalue weighted by molar-refractivity contribution is -0.148. The first-order valence-corrected chi connectivity index (χ1v) is 7.16. The van der Waals surface area contributed by atoms with Crippen molar-refractivity contribution in [1.82, 2.24) is 14.7 Å². The lowest BCUT2D eigenvalue weighted by Gasteiger charge is -2.33. The number of likely N-dealkylation sites (N-methyl/N-ethyl adjacent to an activating group) is 1. The highest BCUT2D eigenvalue weighted by atomic mass is 16.5. The lowest BCUT2D eigenvalue weighted by Crippen LogP contribution is -2.45. The molecule has 0 spiro atoms. The minimum Gasteiger partial charge on any atom is -0.462 e. The molecule has 0 saturated carbocycles. The molecule has 1 aliphatic heterocycles. The average Bonchev–Trinajstić information content (AvgIpc) is 2.41. The second-order valence-corrected chi connectivity index (χ2v) is 5.54. The topological polar surface area (TPSA) is 67.7 Å². The van der Waals surface area contributed by atoms with Crippen LogP contribution in [0.5, 0.6) is 0 Å². The second kappa shape index (κ2) is 6.71. The predicted octanol–water partition coefficient (Wildman–Crippen LogP) is -0.0533. The molecule has 0 amide bonds. The molecule has 7 nitrogen and oxygen atoms in total. The van der Waals surface area contributed by atoms with Crippen LogP contribution in [-0.2, 0) is 16.1 Å². The summed E-state index contributed by atoms with van der Waals surface area (Å²) in [4.78, 5) is 28.0. The number of piperazine rings is 1. The standard InChI is InChI=1S/C14H22N4O3/c1-11(2)21-14(20)10-18-13(19)8-12(9-15-18)17-6-4-16(3)5-7-17/h8-9,11H,4-7,10H2,1-3H3. The van der Waals surface area contributed by atoms with E-state index in [-0.39, 0.29) is 18.2 Å². The smallest absolute Gasteiger partial charge is 0.328 e. The molecule has 0 bridgehead atoms. The third-order valence-electron chi connectivity index (χ3n) is 3.37. The number of aromatic nitrogens is 2. The van der Waals surface area contributed by atoms with Crippen molar-refractivity contribution in [2.24, 2.45) is 0 Å². The Kier molecular flexibility index (Phi) is 4.95. The number of carbonyl (C=O) groups excluding carboxylic acids is 1. The van der Waals surface area contributed by atoms with Gasteiger partial charge in [-0.2, -0.15) is 5.10 Å². The van der Waals surface area contributed by atoms with Gasteiger partial charge in [0.05, 0.1) is 18.0 Å². The van der Waals surface area contributed by atoms with Gasteiger partial charge in [-0.3, -0.25) is 9.59 Å². The van der Waals surface area contributed by atoms with Crippen molar-refractivity contribution >= 4 is 11.7 Å². The van der Waals surface area contributed by atoms with Crippen molar-refractivity contribution in [2.75, 3.05) is 38.1 Å². The molecule has 1 saturated heterocycles. The zero-order chi connectivity index (χ0) is 15.4. The molecule has 2 heterocycles. The molecule has 0 atom stereocenters. The van der Waals surface area contributed by atoms with E-state index in [1.54, 1.807) is 20.0 Å². The summed E-state index contributed by atoms with van der Waals surface area (Å²) in [6, 6.07) is 1.53. The van der Waals surface area contributed by atoms with E-state index < -0.39 is 5.97 Å². The Morgan fingerprint density at radius 3 is 2.57 bits per heavy atom. The molecule has 116 valence electrons. The molecule has 7 heteroatoms. The van der Waals surface area contributed by atoms with Gasteiger partial charge < -0.3 is 14.5 Å². The molecule has 1 aliphatic rings. The van der Waals surface area contributed by atoms with E-state index in [0.717, 1.165) is 36.5 Å². The van der Waals surface area contributed by atoms with Gasteiger partial charge in [0.2, 0.25) is 0 Å². The summed E-state index contributed by atoms with van der Waals surface area (Å²) in [7, 11) is 2.08. The first-order chi connectivity index (χ1) is 9.95. The number of carbonyl (C=O) groups is 1. The summed E-state index contributed by atoms with van der Waals surface area (Å²) < 4.78 is 6.14. The lowest BCUT2D eigenvalue weighted by atomic mass is 10.3. The zero-order valence-corrected chi connectivity index (χ0v) is 12.8. The normalized spacial score (nSPS) is 16.3. The average molecular weight is 294 g/mol. The minimum atomic E-state index is -0.452. The molecule has 0 radical (unpaired) electrons. The van der Waals surface area contributed by atoms with Crippen LogP contribution in [0.4, 0.5) is 5.69 Å². The van der Waals surface area contributed by atoms with E-state index in [1.165, 1.54) is 6.07 Å². The Morgan fingerprint density at radius 2 is 2.00 bits per heavy atom. The Bertz CT molecular complexity index is 547. The zero-order valence-electron chi connectivity index (χ0n) is 12.8. The molecular formula is C14H22N4O3. The molecule has 0 N–H and O–H groups in total. The van der Waals surface area contributed by atoms with Crippen molar-refractivity contribution in [3.63, 3.8) is 0 Å². The van der Waals surface area contributed by atoms with Crippen LogP contribution in [0.1, 0.15) is 13.8 Å². The first kappa shape index (κ1) is 15.5. The molecule has 2 rings (SSSR count). The Balaban J connectivity index is 2.04. The molecular weight excluding hydrogens is 272 g/mol. The van der Waals surface area contributed by atoms with Crippen molar-refractivity contribution in [3.05, 3.63) is 22.6 Å². The fourth-order valence-corrected chi connectivity index (χ4v) is 2.20. The molecule has 0 aromatic carbocycles. The highest BCUT2D eigenvalue weighted by Gasteiger charge is 2.16. The number of nitrogens with zero attached hydrogens (tertiary/aromatic N) is 4. The van der Waals surface area contributed by atoms with E-state index in [4.69, 9.17) is 4.74 Å². The highest BCUT2D eigenvalue weighted by Crippen LogP contribution is 2.12. The van der Waals surface area contributed by atoms with Crippen LogP contribution >= 0.6 is 0 Å².